The van der Waals surface area contributed by atoms with Crippen molar-refractivity contribution in [2.75, 3.05) is 5.32 Å². The second-order valence-corrected chi connectivity index (χ2v) is 4.11. The summed E-state index contributed by atoms with van der Waals surface area (Å²) in [5.74, 6) is 1.36. The Hall–Kier alpha value is -1.64. The Kier molecular flexibility index (Phi) is 6.43. The zero-order valence-corrected chi connectivity index (χ0v) is 13.8. The average Bonchev–Trinajstić information content (AvgIpc) is 2.83. The third-order valence-corrected chi connectivity index (χ3v) is 2.60. The SMILES string of the molecule is CCc1ccc(NC(N)=NCc2noc(C)n2)cc1.I. The molecule has 3 N–H and O–H groups in total. The van der Waals surface area contributed by atoms with Gasteiger partial charge in [0.15, 0.2) is 11.8 Å². The summed E-state index contributed by atoms with van der Waals surface area (Å²) in [4.78, 5) is 8.19. The molecule has 0 saturated carbocycles. The van der Waals surface area contributed by atoms with E-state index in [-0.39, 0.29) is 24.0 Å². The Morgan fingerprint density at radius 3 is 2.60 bits per heavy atom. The van der Waals surface area contributed by atoms with Crippen molar-refractivity contribution in [3.05, 3.63) is 41.5 Å². The predicted molar refractivity (Wildman–Crippen MR) is 89.2 cm³/mol. The smallest absolute Gasteiger partial charge is 0.223 e. The molecule has 0 fully saturated rings. The third-order valence-electron chi connectivity index (χ3n) is 2.60. The lowest BCUT2D eigenvalue weighted by Crippen LogP contribution is -2.22. The minimum absolute atomic E-state index is 0. The molecule has 108 valence electrons. The fourth-order valence-corrected chi connectivity index (χ4v) is 1.57. The highest BCUT2D eigenvalue weighted by molar-refractivity contribution is 14.0. The zero-order valence-electron chi connectivity index (χ0n) is 11.5. The number of nitrogens with zero attached hydrogens (tertiary/aromatic N) is 3. The van der Waals surface area contributed by atoms with E-state index in [9.17, 15) is 0 Å². The molecule has 2 rings (SSSR count). The van der Waals surface area contributed by atoms with E-state index in [1.165, 1.54) is 5.56 Å². The summed E-state index contributed by atoms with van der Waals surface area (Å²) < 4.78 is 4.85. The van der Waals surface area contributed by atoms with Crippen LogP contribution in [0.2, 0.25) is 0 Å². The molecule has 0 unspecified atom stereocenters. The Balaban J connectivity index is 0.00000200. The van der Waals surface area contributed by atoms with Crippen molar-refractivity contribution in [2.24, 2.45) is 10.7 Å². The molecular weight excluding hydrogens is 369 g/mol. The molecular formula is C13H18IN5O. The molecule has 6 nitrogen and oxygen atoms in total. The average molecular weight is 387 g/mol. The van der Waals surface area contributed by atoms with E-state index in [4.69, 9.17) is 10.3 Å². The van der Waals surface area contributed by atoms with Gasteiger partial charge in [0.1, 0.15) is 6.54 Å². The second-order valence-electron chi connectivity index (χ2n) is 4.11. The number of hydrogen-bond acceptors (Lipinski definition) is 4. The van der Waals surface area contributed by atoms with Gasteiger partial charge in [0.25, 0.3) is 0 Å². The second kappa shape index (κ2) is 7.83. The number of anilines is 1. The van der Waals surface area contributed by atoms with Crippen LogP contribution in [0.25, 0.3) is 0 Å². The summed E-state index contributed by atoms with van der Waals surface area (Å²) in [6.07, 6.45) is 1.01. The summed E-state index contributed by atoms with van der Waals surface area (Å²) in [5.41, 5.74) is 7.97. The number of aromatic nitrogens is 2. The van der Waals surface area contributed by atoms with Gasteiger partial charge in [-0.25, -0.2) is 4.99 Å². The lowest BCUT2D eigenvalue weighted by Gasteiger charge is -2.05. The first kappa shape index (κ1) is 16.4. The number of nitrogens with two attached hydrogens (primary N) is 1. The molecule has 0 amide bonds. The zero-order chi connectivity index (χ0) is 13.7. The Morgan fingerprint density at radius 2 is 2.05 bits per heavy atom. The molecule has 0 aliphatic carbocycles. The summed E-state index contributed by atoms with van der Waals surface area (Å²) in [6.45, 7) is 4.14. The first-order valence-electron chi connectivity index (χ1n) is 6.12. The van der Waals surface area contributed by atoms with Crippen LogP contribution in [0.15, 0.2) is 33.8 Å². The lowest BCUT2D eigenvalue weighted by atomic mass is 10.1. The maximum Gasteiger partial charge on any atom is 0.223 e. The first-order chi connectivity index (χ1) is 9.17. The Labute approximate surface area is 134 Å². The number of aliphatic imine (C=N–C) groups is 1. The quantitative estimate of drug-likeness (QED) is 0.478. The van der Waals surface area contributed by atoms with Gasteiger partial charge in [0.2, 0.25) is 5.89 Å². The molecule has 0 spiro atoms. The molecule has 0 saturated heterocycles. The lowest BCUT2D eigenvalue weighted by molar-refractivity contribution is 0.387. The molecule has 20 heavy (non-hydrogen) atoms. The van der Waals surface area contributed by atoms with Gasteiger partial charge in [-0.15, -0.1) is 24.0 Å². The van der Waals surface area contributed by atoms with Crippen LogP contribution < -0.4 is 11.1 Å². The van der Waals surface area contributed by atoms with Gasteiger partial charge >= 0.3 is 0 Å². The maximum absolute atomic E-state index is 5.78. The van der Waals surface area contributed by atoms with E-state index in [1.54, 1.807) is 6.92 Å². The monoisotopic (exact) mass is 387 g/mol. The molecule has 2 aromatic rings. The number of benzene rings is 1. The fourth-order valence-electron chi connectivity index (χ4n) is 1.57. The van der Waals surface area contributed by atoms with Gasteiger partial charge < -0.3 is 15.6 Å². The Bertz CT molecular complexity index is 564. The predicted octanol–water partition coefficient (Wildman–Crippen LogP) is 2.49. The van der Waals surface area contributed by atoms with Crippen LogP contribution in [0.3, 0.4) is 0 Å². The van der Waals surface area contributed by atoms with Gasteiger partial charge in [-0.05, 0) is 24.1 Å². The molecule has 1 aromatic heterocycles. The molecule has 0 aliphatic rings. The number of hydrogen-bond donors (Lipinski definition) is 2. The van der Waals surface area contributed by atoms with Gasteiger partial charge in [0, 0.05) is 12.6 Å². The van der Waals surface area contributed by atoms with E-state index >= 15 is 0 Å². The van der Waals surface area contributed by atoms with Gasteiger partial charge in [-0.2, -0.15) is 4.98 Å². The summed E-state index contributed by atoms with van der Waals surface area (Å²) >= 11 is 0. The van der Waals surface area contributed by atoms with Crippen molar-refractivity contribution in [2.45, 2.75) is 26.8 Å². The number of guanidine groups is 1. The number of rotatable bonds is 4. The van der Waals surface area contributed by atoms with Crippen LogP contribution in [0.1, 0.15) is 24.2 Å². The normalized spacial score (nSPS) is 11.0. The van der Waals surface area contributed by atoms with Crippen molar-refractivity contribution in [1.82, 2.24) is 10.1 Å². The topological polar surface area (TPSA) is 89.3 Å². The third kappa shape index (κ3) is 4.80. The molecule has 0 aliphatic heterocycles. The number of aryl methyl sites for hydroxylation is 2. The maximum atomic E-state index is 5.78. The molecule has 7 heteroatoms. The summed E-state index contributed by atoms with van der Waals surface area (Å²) in [5, 5.41) is 6.75. The van der Waals surface area contributed by atoms with E-state index in [2.05, 4.69) is 39.5 Å². The van der Waals surface area contributed by atoms with E-state index < -0.39 is 0 Å². The summed E-state index contributed by atoms with van der Waals surface area (Å²) in [6, 6.07) is 8.05. The highest BCUT2D eigenvalue weighted by Gasteiger charge is 2.01. The van der Waals surface area contributed by atoms with Gasteiger partial charge in [0.05, 0.1) is 0 Å². The van der Waals surface area contributed by atoms with Crippen LogP contribution in [0, 0.1) is 6.92 Å². The first-order valence-corrected chi connectivity index (χ1v) is 6.12. The van der Waals surface area contributed by atoms with Crippen LogP contribution in [0.4, 0.5) is 5.69 Å². The van der Waals surface area contributed by atoms with Crippen molar-refractivity contribution in [1.29, 1.82) is 0 Å². The van der Waals surface area contributed by atoms with E-state index in [1.807, 2.05) is 12.1 Å². The van der Waals surface area contributed by atoms with E-state index in [0.29, 0.717) is 24.2 Å². The van der Waals surface area contributed by atoms with Crippen LogP contribution >= 0.6 is 24.0 Å². The number of nitrogens with one attached hydrogen (secondary N) is 1. The molecule has 0 bridgehead atoms. The van der Waals surface area contributed by atoms with Crippen molar-refractivity contribution in [3.63, 3.8) is 0 Å². The van der Waals surface area contributed by atoms with Crippen molar-refractivity contribution in [3.8, 4) is 0 Å². The van der Waals surface area contributed by atoms with Crippen LogP contribution in [0.5, 0.6) is 0 Å². The van der Waals surface area contributed by atoms with Gasteiger partial charge in [-0.3, -0.25) is 0 Å². The largest absolute Gasteiger partial charge is 0.370 e. The number of halogens is 1. The van der Waals surface area contributed by atoms with Crippen molar-refractivity contribution >= 4 is 35.6 Å². The molecule has 0 atom stereocenters. The van der Waals surface area contributed by atoms with E-state index in [0.717, 1.165) is 12.1 Å². The fraction of sp³-hybridized carbons (Fsp3) is 0.308. The highest BCUT2D eigenvalue weighted by Crippen LogP contribution is 2.09. The standard InChI is InChI=1S/C13H17N5O.HI/c1-3-10-4-6-11(7-5-10)17-13(14)15-8-12-16-9(2)19-18-12;/h4-7H,3,8H2,1-2H3,(H3,14,15,17);1H. The molecule has 1 aromatic carbocycles. The minimum Gasteiger partial charge on any atom is -0.370 e. The van der Waals surface area contributed by atoms with Crippen LogP contribution in [-0.4, -0.2) is 16.1 Å². The summed E-state index contributed by atoms with van der Waals surface area (Å²) in [7, 11) is 0. The van der Waals surface area contributed by atoms with Gasteiger partial charge in [-0.1, -0.05) is 24.2 Å². The molecule has 0 radical (unpaired) electrons. The Morgan fingerprint density at radius 1 is 1.35 bits per heavy atom. The minimum atomic E-state index is 0. The molecule has 1 heterocycles. The highest BCUT2D eigenvalue weighted by atomic mass is 127. The van der Waals surface area contributed by atoms with Crippen molar-refractivity contribution < 1.29 is 4.52 Å². The van der Waals surface area contributed by atoms with Crippen LogP contribution in [-0.2, 0) is 13.0 Å².